The molecule has 0 bridgehead atoms. The number of para-hydroxylation sites is 1. The minimum absolute atomic E-state index is 0.0256. The summed E-state index contributed by atoms with van der Waals surface area (Å²) in [6, 6.07) is 7.35. The van der Waals surface area contributed by atoms with E-state index in [9.17, 15) is 9.59 Å². The SMILES string of the molecule is CCOc1ccccc1C1C(C(=O)OC)=C(N)OC2=C1C(=O)CC(C)(C)C2. The van der Waals surface area contributed by atoms with Gasteiger partial charge in [-0.25, -0.2) is 4.79 Å². The van der Waals surface area contributed by atoms with E-state index >= 15 is 0 Å². The Morgan fingerprint density at radius 3 is 2.67 bits per heavy atom. The first-order chi connectivity index (χ1) is 12.8. The van der Waals surface area contributed by atoms with Crippen LogP contribution in [0.25, 0.3) is 0 Å². The van der Waals surface area contributed by atoms with E-state index in [1.54, 1.807) is 0 Å². The number of ether oxygens (including phenoxy) is 3. The summed E-state index contributed by atoms with van der Waals surface area (Å²) in [4.78, 5) is 25.6. The molecule has 0 saturated carbocycles. The molecule has 144 valence electrons. The molecule has 1 aromatic rings. The summed E-state index contributed by atoms with van der Waals surface area (Å²) in [5.74, 6) is -0.238. The quantitative estimate of drug-likeness (QED) is 0.818. The Balaban J connectivity index is 2.23. The fourth-order valence-corrected chi connectivity index (χ4v) is 3.81. The summed E-state index contributed by atoms with van der Waals surface area (Å²) in [6.07, 6.45) is 0.938. The van der Waals surface area contributed by atoms with Gasteiger partial charge in [0.25, 0.3) is 0 Å². The van der Waals surface area contributed by atoms with Gasteiger partial charge in [-0.2, -0.15) is 0 Å². The lowest BCUT2D eigenvalue weighted by Gasteiger charge is -2.38. The predicted molar refractivity (Wildman–Crippen MR) is 99.7 cm³/mol. The maximum absolute atomic E-state index is 13.1. The molecule has 0 saturated heterocycles. The third-order valence-corrected chi connectivity index (χ3v) is 4.89. The van der Waals surface area contributed by atoms with E-state index in [1.807, 2.05) is 45.0 Å². The molecule has 6 nitrogen and oxygen atoms in total. The van der Waals surface area contributed by atoms with E-state index < -0.39 is 11.9 Å². The highest BCUT2D eigenvalue weighted by Crippen LogP contribution is 2.49. The number of rotatable bonds is 4. The van der Waals surface area contributed by atoms with Crippen molar-refractivity contribution in [2.45, 2.75) is 39.5 Å². The second kappa shape index (κ2) is 7.10. The van der Waals surface area contributed by atoms with Crippen LogP contribution in [0.1, 0.15) is 45.1 Å². The van der Waals surface area contributed by atoms with Crippen LogP contribution in [0.3, 0.4) is 0 Å². The minimum atomic E-state index is -0.674. The summed E-state index contributed by atoms with van der Waals surface area (Å²) in [7, 11) is 1.28. The van der Waals surface area contributed by atoms with Gasteiger partial charge in [0.2, 0.25) is 5.88 Å². The van der Waals surface area contributed by atoms with Crippen LogP contribution in [-0.2, 0) is 19.1 Å². The Labute approximate surface area is 159 Å². The van der Waals surface area contributed by atoms with Gasteiger partial charge in [-0.15, -0.1) is 0 Å². The van der Waals surface area contributed by atoms with E-state index in [1.165, 1.54) is 7.11 Å². The summed E-state index contributed by atoms with van der Waals surface area (Å²) in [6.45, 7) is 6.36. The number of allylic oxidation sites excluding steroid dienone is 2. The number of Topliss-reactive ketones (excluding diaryl/α,β-unsaturated/α-hetero) is 1. The van der Waals surface area contributed by atoms with Gasteiger partial charge < -0.3 is 19.9 Å². The number of hydrogen-bond donors (Lipinski definition) is 1. The van der Waals surface area contributed by atoms with Crippen LogP contribution in [0.2, 0.25) is 0 Å². The topological polar surface area (TPSA) is 87.8 Å². The first-order valence-electron chi connectivity index (χ1n) is 9.03. The van der Waals surface area contributed by atoms with Crippen molar-refractivity contribution in [3.63, 3.8) is 0 Å². The van der Waals surface area contributed by atoms with Gasteiger partial charge in [-0.3, -0.25) is 4.79 Å². The highest BCUT2D eigenvalue weighted by molar-refractivity contribution is 6.03. The van der Waals surface area contributed by atoms with Crippen LogP contribution < -0.4 is 10.5 Å². The third kappa shape index (κ3) is 3.44. The Morgan fingerprint density at radius 1 is 1.30 bits per heavy atom. The standard InChI is InChI=1S/C21H25NO5/c1-5-26-14-9-7-6-8-12(14)16-17-13(23)10-21(2,3)11-15(17)27-19(22)18(16)20(24)25-4/h6-9,16H,5,10-11,22H2,1-4H3. The first-order valence-corrected chi connectivity index (χ1v) is 9.03. The van der Waals surface area contributed by atoms with Gasteiger partial charge in [0.15, 0.2) is 5.78 Å². The maximum Gasteiger partial charge on any atom is 0.340 e. The van der Waals surface area contributed by atoms with Crippen LogP contribution in [0, 0.1) is 5.41 Å². The van der Waals surface area contributed by atoms with E-state index in [0.29, 0.717) is 42.1 Å². The molecular weight excluding hydrogens is 346 g/mol. The molecule has 0 aromatic heterocycles. The van der Waals surface area contributed by atoms with Crippen molar-refractivity contribution in [3.8, 4) is 5.75 Å². The lowest BCUT2D eigenvalue weighted by Crippen LogP contribution is -2.35. The summed E-state index contributed by atoms with van der Waals surface area (Å²) >= 11 is 0. The average molecular weight is 371 g/mol. The Kier molecular flexibility index (Phi) is 5.00. The molecule has 0 radical (unpaired) electrons. The van der Waals surface area contributed by atoms with Crippen molar-refractivity contribution < 1.29 is 23.8 Å². The smallest absolute Gasteiger partial charge is 0.340 e. The zero-order chi connectivity index (χ0) is 19.8. The number of esters is 1. The van der Waals surface area contributed by atoms with E-state index in [4.69, 9.17) is 19.9 Å². The molecule has 2 aliphatic rings. The largest absolute Gasteiger partial charge is 0.494 e. The molecule has 1 aliphatic carbocycles. The molecule has 2 N–H and O–H groups in total. The zero-order valence-electron chi connectivity index (χ0n) is 16.1. The number of hydrogen-bond acceptors (Lipinski definition) is 6. The zero-order valence-corrected chi connectivity index (χ0v) is 16.1. The van der Waals surface area contributed by atoms with Gasteiger partial charge in [0.05, 0.1) is 19.6 Å². The van der Waals surface area contributed by atoms with Gasteiger partial charge in [-0.05, 0) is 18.4 Å². The van der Waals surface area contributed by atoms with E-state index in [0.717, 1.165) is 0 Å². The number of benzene rings is 1. The third-order valence-electron chi connectivity index (χ3n) is 4.89. The molecule has 1 aliphatic heterocycles. The van der Waals surface area contributed by atoms with Gasteiger partial charge in [0.1, 0.15) is 17.1 Å². The van der Waals surface area contributed by atoms with Crippen LogP contribution in [0.5, 0.6) is 5.75 Å². The normalized spacial score (nSPS) is 21.5. The van der Waals surface area contributed by atoms with E-state index in [-0.39, 0.29) is 22.7 Å². The van der Waals surface area contributed by atoms with Crippen molar-refractivity contribution in [2.75, 3.05) is 13.7 Å². The second-order valence-corrected chi connectivity index (χ2v) is 7.55. The molecule has 0 fully saturated rings. The summed E-state index contributed by atoms with van der Waals surface area (Å²) in [5, 5.41) is 0. The van der Waals surface area contributed by atoms with Crippen LogP contribution in [0.15, 0.2) is 47.1 Å². The number of ketones is 1. The molecule has 1 unspecified atom stereocenters. The molecule has 1 aromatic carbocycles. The van der Waals surface area contributed by atoms with Crippen molar-refractivity contribution in [1.82, 2.24) is 0 Å². The molecular formula is C21H25NO5. The summed E-state index contributed by atoms with van der Waals surface area (Å²) in [5.41, 5.74) is 7.19. The number of methoxy groups -OCH3 is 1. The van der Waals surface area contributed by atoms with Crippen LogP contribution >= 0.6 is 0 Å². The Hall–Kier alpha value is -2.76. The van der Waals surface area contributed by atoms with Crippen molar-refractivity contribution in [2.24, 2.45) is 11.1 Å². The predicted octanol–water partition coefficient (Wildman–Crippen LogP) is 3.19. The van der Waals surface area contributed by atoms with Gasteiger partial charge in [0, 0.05) is 24.0 Å². The van der Waals surface area contributed by atoms with Gasteiger partial charge >= 0.3 is 5.97 Å². The van der Waals surface area contributed by atoms with Crippen molar-refractivity contribution in [3.05, 3.63) is 52.6 Å². The highest BCUT2D eigenvalue weighted by Gasteiger charge is 2.45. The van der Waals surface area contributed by atoms with E-state index in [2.05, 4.69) is 0 Å². The first kappa shape index (κ1) is 19.0. The van der Waals surface area contributed by atoms with Crippen LogP contribution in [-0.4, -0.2) is 25.5 Å². The fourth-order valence-electron chi connectivity index (χ4n) is 3.81. The summed E-state index contributed by atoms with van der Waals surface area (Å²) < 4.78 is 16.4. The van der Waals surface area contributed by atoms with Crippen molar-refractivity contribution in [1.29, 1.82) is 0 Å². The second-order valence-electron chi connectivity index (χ2n) is 7.55. The average Bonchev–Trinajstić information content (AvgIpc) is 2.59. The fraction of sp³-hybridized carbons (Fsp3) is 0.429. The molecule has 0 spiro atoms. The number of carbonyl (C=O) groups is 2. The lowest BCUT2D eigenvalue weighted by molar-refractivity contribution is -0.136. The molecule has 3 rings (SSSR count). The molecule has 1 heterocycles. The van der Waals surface area contributed by atoms with Gasteiger partial charge in [-0.1, -0.05) is 32.0 Å². The molecule has 0 amide bonds. The lowest BCUT2D eigenvalue weighted by atomic mass is 9.70. The number of carbonyl (C=O) groups excluding carboxylic acids is 2. The Morgan fingerprint density at radius 2 is 2.00 bits per heavy atom. The maximum atomic E-state index is 13.1. The Bertz CT molecular complexity index is 850. The minimum Gasteiger partial charge on any atom is -0.494 e. The number of nitrogens with two attached hydrogens (primary N) is 1. The highest BCUT2D eigenvalue weighted by atomic mass is 16.5. The van der Waals surface area contributed by atoms with Crippen molar-refractivity contribution >= 4 is 11.8 Å². The van der Waals surface area contributed by atoms with Crippen LogP contribution in [0.4, 0.5) is 0 Å². The monoisotopic (exact) mass is 371 g/mol. The molecule has 27 heavy (non-hydrogen) atoms. The molecule has 6 heteroatoms. The molecule has 1 atom stereocenters.